The van der Waals surface area contributed by atoms with Crippen LogP contribution < -0.4 is 0 Å². The van der Waals surface area contributed by atoms with E-state index in [1.54, 1.807) is 6.34 Å². The molecule has 0 unspecified atom stereocenters. The van der Waals surface area contributed by atoms with Gasteiger partial charge in [-0.15, -0.1) is 0 Å². The average molecular weight is 214 g/mol. The van der Waals surface area contributed by atoms with E-state index < -0.39 is 0 Å². The molecule has 0 aliphatic heterocycles. The molecule has 0 atom stereocenters. The molecule has 0 amide bonds. The van der Waals surface area contributed by atoms with Crippen LogP contribution in [0.2, 0.25) is 0 Å². The molecule has 0 saturated carbocycles. The fourth-order valence-corrected chi connectivity index (χ4v) is 0.282. The molecule has 0 radical (unpaired) electrons. The van der Waals surface area contributed by atoms with Gasteiger partial charge in [0.15, 0.2) is 0 Å². The zero-order chi connectivity index (χ0) is 12.9. The third-order valence-corrected chi connectivity index (χ3v) is 0.681. The third-order valence-electron chi connectivity index (χ3n) is 0.681. The van der Waals surface area contributed by atoms with Crippen molar-refractivity contribution in [3.8, 4) is 0 Å². The van der Waals surface area contributed by atoms with Gasteiger partial charge in [-0.05, 0) is 33.6 Å². The maximum atomic E-state index is 4.05. The molecule has 92 valence electrons. The van der Waals surface area contributed by atoms with Gasteiger partial charge in [0.25, 0.3) is 0 Å². The number of hydrogen-bond acceptors (Lipinski definition) is 1. The summed E-state index contributed by atoms with van der Waals surface area (Å²) in [6.45, 7) is 18.5. The van der Waals surface area contributed by atoms with Crippen LogP contribution in [0.1, 0.15) is 62.3 Å². The first-order chi connectivity index (χ1) is 6.86. The molecule has 0 aromatic rings. The fourth-order valence-electron chi connectivity index (χ4n) is 0.282. The lowest BCUT2D eigenvalue weighted by Gasteiger charge is -1.90. The Balaban J connectivity index is -0.000000202. The van der Waals surface area contributed by atoms with Crippen LogP contribution in [0.5, 0.6) is 0 Å². The molecule has 0 spiro atoms. The highest BCUT2D eigenvalue weighted by molar-refractivity contribution is 5.86. The summed E-state index contributed by atoms with van der Waals surface area (Å²) >= 11 is 0. The summed E-state index contributed by atoms with van der Waals surface area (Å²) in [6.07, 6.45) is 1.61. The monoisotopic (exact) mass is 214 g/mol. The molecule has 0 aromatic heterocycles. The third kappa shape index (κ3) is 60.2. The minimum Gasteiger partial charge on any atom is -0.271 e. The molecular formula is C13H30N2. The first-order valence-electron chi connectivity index (χ1n) is 5.88. The molecule has 2 heteroatoms. The van der Waals surface area contributed by atoms with E-state index in [2.05, 4.69) is 30.8 Å². The van der Waals surface area contributed by atoms with E-state index in [1.165, 1.54) is 0 Å². The highest BCUT2D eigenvalue weighted by Crippen LogP contribution is 1.82. The summed E-state index contributed by atoms with van der Waals surface area (Å²) in [6, 6.07) is 0.355. The molecule has 2 nitrogen and oxygen atoms in total. The van der Waals surface area contributed by atoms with E-state index in [0.717, 1.165) is 11.6 Å². The largest absolute Gasteiger partial charge is 0.271 e. The Morgan fingerprint density at radius 2 is 1.27 bits per heavy atom. The van der Waals surface area contributed by atoms with Gasteiger partial charge in [0.2, 0.25) is 0 Å². The lowest BCUT2D eigenvalue weighted by molar-refractivity contribution is 0.737. The van der Waals surface area contributed by atoms with Crippen LogP contribution in [-0.2, 0) is 0 Å². The normalized spacial score (nSPS) is 9.27. The molecule has 0 aliphatic rings. The Morgan fingerprint density at radius 3 is 1.47 bits per heavy atom. The standard InChI is InChI=1S/C7H14N2.C4H10.C2H6/c1-6(2)8-5-9-7(3)4;1-4(2)3;1-2/h5-6H,1-4H3;4H,1-3H3;1-2H3. The number of aliphatic imine (C=N–C) groups is 2. The molecule has 0 heterocycles. The van der Waals surface area contributed by atoms with Gasteiger partial charge in [-0.1, -0.05) is 34.6 Å². The Bertz CT molecular complexity index is 149. The van der Waals surface area contributed by atoms with Crippen molar-refractivity contribution in [2.24, 2.45) is 15.9 Å². The lowest BCUT2D eigenvalue weighted by Crippen LogP contribution is -1.88. The van der Waals surface area contributed by atoms with Gasteiger partial charge in [-0.3, -0.25) is 4.99 Å². The van der Waals surface area contributed by atoms with Crippen LogP contribution in [-0.4, -0.2) is 18.1 Å². The van der Waals surface area contributed by atoms with Gasteiger partial charge in [0.1, 0.15) is 6.34 Å². The van der Waals surface area contributed by atoms with E-state index in [1.807, 2.05) is 41.5 Å². The Labute approximate surface area is 96.9 Å². The van der Waals surface area contributed by atoms with E-state index in [9.17, 15) is 0 Å². The van der Waals surface area contributed by atoms with Gasteiger partial charge in [0.05, 0.1) is 0 Å². The van der Waals surface area contributed by atoms with Crippen LogP contribution in [0.4, 0.5) is 0 Å². The SMILES string of the molecule is CC.CC(C)=NC=NC(C)C.CC(C)C. The molecule has 0 aliphatic carbocycles. The summed E-state index contributed by atoms with van der Waals surface area (Å²) in [5.41, 5.74) is 1.04. The molecule has 0 rings (SSSR count). The number of hydrogen-bond donors (Lipinski definition) is 0. The van der Waals surface area contributed by atoms with Crippen LogP contribution >= 0.6 is 0 Å². The Morgan fingerprint density at radius 1 is 0.933 bits per heavy atom. The van der Waals surface area contributed by atoms with Gasteiger partial charge in [0, 0.05) is 11.8 Å². The van der Waals surface area contributed by atoms with Gasteiger partial charge >= 0.3 is 0 Å². The van der Waals surface area contributed by atoms with Gasteiger partial charge < -0.3 is 0 Å². The predicted molar refractivity (Wildman–Crippen MR) is 74.3 cm³/mol. The quantitative estimate of drug-likeness (QED) is 0.474. The lowest BCUT2D eigenvalue weighted by atomic mass is 10.3. The average Bonchev–Trinajstić information content (AvgIpc) is 2.05. The Kier molecular flexibility index (Phi) is 20.9. The van der Waals surface area contributed by atoms with Gasteiger partial charge in [-0.2, -0.15) is 0 Å². The van der Waals surface area contributed by atoms with E-state index in [0.29, 0.717) is 6.04 Å². The molecule has 15 heavy (non-hydrogen) atoms. The van der Waals surface area contributed by atoms with Crippen LogP contribution in [0.25, 0.3) is 0 Å². The summed E-state index contributed by atoms with van der Waals surface area (Å²) < 4.78 is 0. The summed E-state index contributed by atoms with van der Waals surface area (Å²) in [4.78, 5) is 8.04. The van der Waals surface area contributed by atoms with Crippen molar-refractivity contribution in [2.45, 2.75) is 68.4 Å². The summed E-state index contributed by atoms with van der Waals surface area (Å²) in [7, 11) is 0. The molecule has 0 N–H and O–H groups in total. The van der Waals surface area contributed by atoms with Crippen molar-refractivity contribution in [2.75, 3.05) is 0 Å². The second kappa shape index (κ2) is 15.8. The van der Waals surface area contributed by atoms with Crippen LogP contribution in [0.3, 0.4) is 0 Å². The van der Waals surface area contributed by atoms with Crippen molar-refractivity contribution in [1.82, 2.24) is 0 Å². The van der Waals surface area contributed by atoms with Gasteiger partial charge in [-0.25, -0.2) is 4.99 Å². The van der Waals surface area contributed by atoms with E-state index in [4.69, 9.17) is 0 Å². The first-order valence-corrected chi connectivity index (χ1v) is 5.88. The second-order valence-electron chi connectivity index (χ2n) is 4.17. The second-order valence-corrected chi connectivity index (χ2v) is 4.17. The minimum absolute atomic E-state index is 0.355. The van der Waals surface area contributed by atoms with Crippen molar-refractivity contribution < 1.29 is 0 Å². The topological polar surface area (TPSA) is 24.7 Å². The van der Waals surface area contributed by atoms with Crippen molar-refractivity contribution in [1.29, 1.82) is 0 Å². The first kappa shape index (κ1) is 19.8. The fraction of sp³-hybridized carbons (Fsp3) is 0.846. The zero-order valence-electron chi connectivity index (χ0n) is 12.1. The van der Waals surface area contributed by atoms with Crippen LogP contribution in [0, 0.1) is 5.92 Å². The predicted octanol–water partition coefficient (Wildman–Crippen LogP) is 4.59. The zero-order valence-corrected chi connectivity index (χ0v) is 12.1. The minimum atomic E-state index is 0.355. The highest BCUT2D eigenvalue weighted by Gasteiger charge is 1.80. The maximum Gasteiger partial charge on any atom is 0.110 e. The number of rotatable bonds is 2. The Hall–Kier alpha value is -0.660. The van der Waals surface area contributed by atoms with E-state index >= 15 is 0 Å². The summed E-state index contributed by atoms with van der Waals surface area (Å²) in [5.74, 6) is 0.833. The van der Waals surface area contributed by atoms with Crippen molar-refractivity contribution in [3.63, 3.8) is 0 Å². The maximum absolute atomic E-state index is 4.05. The molecule has 0 bridgehead atoms. The molecule has 0 aromatic carbocycles. The molecule has 0 fully saturated rings. The van der Waals surface area contributed by atoms with E-state index in [-0.39, 0.29) is 0 Å². The van der Waals surface area contributed by atoms with Crippen molar-refractivity contribution in [3.05, 3.63) is 0 Å². The summed E-state index contributed by atoms with van der Waals surface area (Å²) in [5, 5.41) is 0. The molecular weight excluding hydrogens is 184 g/mol. The van der Waals surface area contributed by atoms with Crippen molar-refractivity contribution >= 4 is 12.1 Å². The molecule has 0 saturated heterocycles. The highest BCUT2D eigenvalue weighted by atomic mass is 14.9. The smallest absolute Gasteiger partial charge is 0.110 e. The van der Waals surface area contributed by atoms with Crippen LogP contribution in [0.15, 0.2) is 9.98 Å². The number of nitrogens with zero attached hydrogens (tertiary/aromatic N) is 2.